The molecule has 1 aromatic carbocycles. The normalized spacial score (nSPS) is 13.6. The minimum Gasteiger partial charge on any atom is -0.493 e. The highest BCUT2D eigenvalue weighted by molar-refractivity contribution is 5.56. The van der Waals surface area contributed by atoms with Crippen molar-refractivity contribution in [3.8, 4) is 28.6 Å². The molecule has 8 nitrogen and oxygen atoms in total. The number of ether oxygens (including phenoxy) is 3. The van der Waals surface area contributed by atoms with Gasteiger partial charge in [0.05, 0.1) is 32.6 Å². The highest BCUT2D eigenvalue weighted by atomic mass is 16.5. The molecule has 0 spiro atoms. The fourth-order valence-corrected chi connectivity index (χ4v) is 3.79. The molecule has 1 aliphatic rings. The zero-order chi connectivity index (χ0) is 21.1. The molecule has 156 valence electrons. The van der Waals surface area contributed by atoms with Crippen LogP contribution in [0.3, 0.4) is 0 Å². The van der Waals surface area contributed by atoms with Crippen LogP contribution in [0.4, 0.5) is 0 Å². The minimum atomic E-state index is -0.101. The molecular formula is C22H24N4O4. The Hall–Kier alpha value is -3.39. The van der Waals surface area contributed by atoms with Crippen molar-refractivity contribution in [1.82, 2.24) is 19.9 Å². The molecule has 0 unspecified atom stereocenters. The number of rotatable bonds is 6. The summed E-state index contributed by atoms with van der Waals surface area (Å²) < 4.78 is 16.4. The maximum atomic E-state index is 12.8. The third kappa shape index (κ3) is 3.73. The van der Waals surface area contributed by atoms with E-state index in [0.29, 0.717) is 48.1 Å². The standard InChI is InChI=1S/C22H24N4O4/c1-28-18-5-4-15(19(29-2)20(18)30-3)12-26-11-8-17-16(13-26)22(27)25-21(24-17)14-6-9-23-10-7-14/h4-7,9-10H,8,11-13H2,1-3H3,(H,24,25,27). The van der Waals surface area contributed by atoms with Crippen LogP contribution in [0.2, 0.25) is 0 Å². The number of H-pyrrole nitrogens is 1. The maximum Gasteiger partial charge on any atom is 0.255 e. The second-order valence-electron chi connectivity index (χ2n) is 7.03. The van der Waals surface area contributed by atoms with Gasteiger partial charge in [0.15, 0.2) is 11.5 Å². The molecule has 4 rings (SSSR count). The summed E-state index contributed by atoms with van der Waals surface area (Å²) in [6, 6.07) is 7.50. The molecule has 0 amide bonds. The fraction of sp³-hybridized carbons (Fsp3) is 0.318. The fourth-order valence-electron chi connectivity index (χ4n) is 3.79. The number of aromatic nitrogens is 3. The van der Waals surface area contributed by atoms with E-state index >= 15 is 0 Å². The second-order valence-corrected chi connectivity index (χ2v) is 7.03. The number of nitrogens with one attached hydrogen (secondary N) is 1. The Bertz CT molecular complexity index is 1100. The molecule has 0 aliphatic carbocycles. The molecule has 3 aromatic rings. The zero-order valence-corrected chi connectivity index (χ0v) is 17.3. The molecule has 0 saturated heterocycles. The number of aromatic amines is 1. The number of nitrogens with zero attached hydrogens (tertiary/aromatic N) is 3. The summed E-state index contributed by atoms with van der Waals surface area (Å²) in [4.78, 5) is 26.6. The molecule has 0 bridgehead atoms. The van der Waals surface area contributed by atoms with Gasteiger partial charge in [-0.2, -0.15) is 0 Å². The van der Waals surface area contributed by atoms with Crippen molar-refractivity contribution in [2.45, 2.75) is 19.5 Å². The van der Waals surface area contributed by atoms with Crippen molar-refractivity contribution in [3.63, 3.8) is 0 Å². The molecule has 3 heterocycles. The van der Waals surface area contributed by atoms with Gasteiger partial charge in [-0.1, -0.05) is 6.07 Å². The van der Waals surface area contributed by atoms with Crippen LogP contribution >= 0.6 is 0 Å². The van der Waals surface area contributed by atoms with Crippen molar-refractivity contribution in [2.24, 2.45) is 0 Å². The summed E-state index contributed by atoms with van der Waals surface area (Å²) in [6.07, 6.45) is 4.08. The quantitative estimate of drug-likeness (QED) is 0.670. The maximum absolute atomic E-state index is 12.8. The van der Waals surface area contributed by atoms with Gasteiger partial charge in [-0.05, 0) is 18.2 Å². The Balaban J connectivity index is 1.59. The van der Waals surface area contributed by atoms with E-state index in [-0.39, 0.29) is 5.56 Å². The lowest BCUT2D eigenvalue weighted by atomic mass is 10.0. The van der Waals surface area contributed by atoms with Crippen LogP contribution in [-0.2, 0) is 19.5 Å². The Morgan fingerprint density at radius 2 is 1.80 bits per heavy atom. The smallest absolute Gasteiger partial charge is 0.255 e. The van der Waals surface area contributed by atoms with Gasteiger partial charge in [0.2, 0.25) is 5.75 Å². The molecule has 0 atom stereocenters. The predicted molar refractivity (Wildman–Crippen MR) is 112 cm³/mol. The van der Waals surface area contributed by atoms with E-state index in [1.807, 2.05) is 24.3 Å². The summed E-state index contributed by atoms with van der Waals surface area (Å²) >= 11 is 0. The summed E-state index contributed by atoms with van der Waals surface area (Å²) in [6.45, 7) is 1.93. The van der Waals surface area contributed by atoms with E-state index in [9.17, 15) is 4.79 Å². The summed E-state index contributed by atoms with van der Waals surface area (Å²) in [5.74, 6) is 2.40. The van der Waals surface area contributed by atoms with Gasteiger partial charge in [0, 0.05) is 49.6 Å². The molecule has 1 N–H and O–H groups in total. The van der Waals surface area contributed by atoms with Crippen LogP contribution in [0.15, 0.2) is 41.5 Å². The lowest BCUT2D eigenvalue weighted by Gasteiger charge is -2.28. The Labute approximate surface area is 174 Å². The monoisotopic (exact) mass is 408 g/mol. The van der Waals surface area contributed by atoms with Crippen LogP contribution in [0.5, 0.6) is 17.2 Å². The Morgan fingerprint density at radius 1 is 1.03 bits per heavy atom. The van der Waals surface area contributed by atoms with Gasteiger partial charge < -0.3 is 19.2 Å². The number of hydrogen-bond acceptors (Lipinski definition) is 7. The van der Waals surface area contributed by atoms with Gasteiger partial charge in [-0.3, -0.25) is 14.7 Å². The predicted octanol–water partition coefficient (Wildman–Crippen LogP) is 2.42. The van der Waals surface area contributed by atoms with Crippen molar-refractivity contribution in [3.05, 3.63) is 63.8 Å². The van der Waals surface area contributed by atoms with Crippen LogP contribution in [0.1, 0.15) is 16.8 Å². The Kier molecular flexibility index (Phi) is 5.67. The third-order valence-corrected chi connectivity index (χ3v) is 5.28. The van der Waals surface area contributed by atoms with E-state index in [1.165, 1.54) is 0 Å². The van der Waals surface area contributed by atoms with E-state index in [4.69, 9.17) is 19.2 Å². The number of pyridine rings is 1. The molecule has 0 fully saturated rings. The van der Waals surface area contributed by atoms with Crippen molar-refractivity contribution in [2.75, 3.05) is 27.9 Å². The third-order valence-electron chi connectivity index (χ3n) is 5.28. The topological polar surface area (TPSA) is 89.6 Å². The van der Waals surface area contributed by atoms with E-state index in [2.05, 4.69) is 14.9 Å². The van der Waals surface area contributed by atoms with Gasteiger partial charge in [0.25, 0.3) is 5.56 Å². The molecule has 1 aliphatic heterocycles. The van der Waals surface area contributed by atoms with Gasteiger partial charge in [-0.25, -0.2) is 4.98 Å². The first-order valence-electron chi connectivity index (χ1n) is 9.67. The van der Waals surface area contributed by atoms with Crippen LogP contribution in [0, 0.1) is 0 Å². The Morgan fingerprint density at radius 3 is 2.50 bits per heavy atom. The SMILES string of the molecule is COc1ccc(CN2CCc3nc(-c4ccncc4)[nH]c(=O)c3C2)c(OC)c1OC. The number of hydrogen-bond donors (Lipinski definition) is 1. The average molecular weight is 408 g/mol. The highest BCUT2D eigenvalue weighted by Crippen LogP contribution is 2.40. The molecule has 8 heteroatoms. The average Bonchev–Trinajstić information content (AvgIpc) is 2.79. The van der Waals surface area contributed by atoms with Crippen molar-refractivity contribution >= 4 is 0 Å². The first-order valence-corrected chi connectivity index (χ1v) is 9.67. The summed E-state index contributed by atoms with van der Waals surface area (Å²) in [7, 11) is 4.80. The molecule has 0 saturated carbocycles. The number of methoxy groups -OCH3 is 3. The first-order chi connectivity index (χ1) is 14.6. The van der Waals surface area contributed by atoms with Gasteiger partial charge >= 0.3 is 0 Å². The summed E-state index contributed by atoms with van der Waals surface area (Å²) in [5, 5.41) is 0. The largest absolute Gasteiger partial charge is 0.493 e. The van der Waals surface area contributed by atoms with E-state index in [0.717, 1.165) is 23.4 Å². The molecule has 0 radical (unpaired) electrons. The minimum absolute atomic E-state index is 0.101. The van der Waals surface area contributed by atoms with Crippen LogP contribution < -0.4 is 19.8 Å². The van der Waals surface area contributed by atoms with Gasteiger partial charge in [0.1, 0.15) is 5.82 Å². The van der Waals surface area contributed by atoms with E-state index < -0.39 is 0 Å². The molecule has 30 heavy (non-hydrogen) atoms. The first kappa shape index (κ1) is 19.9. The van der Waals surface area contributed by atoms with E-state index in [1.54, 1.807) is 33.7 Å². The zero-order valence-electron chi connectivity index (χ0n) is 17.3. The summed E-state index contributed by atoms with van der Waals surface area (Å²) in [5.41, 5.74) is 3.27. The van der Waals surface area contributed by atoms with Crippen LogP contribution in [-0.4, -0.2) is 47.7 Å². The lowest BCUT2D eigenvalue weighted by Crippen LogP contribution is -2.35. The lowest BCUT2D eigenvalue weighted by molar-refractivity contribution is 0.236. The van der Waals surface area contributed by atoms with Crippen molar-refractivity contribution in [1.29, 1.82) is 0 Å². The molecular weight excluding hydrogens is 384 g/mol. The van der Waals surface area contributed by atoms with Gasteiger partial charge in [-0.15, -0.1) is 0 Å². The van der Waals surface area contributed by atoms with Crippen molar-refractivity contribution < 1.29 is 14.2 Å². The second kappa shape index (κ2) is 8.54. The number of benzene rings is 1. The highest BCUT2D eigenvalue weighted by Gasteiger charge is 2.24. The van der Waals surface area contributed by atoms with Crippen LogP contribution in [0.25, 0.3) is 11.4 Å². The number of fused-ring (bicyclic) bond motifs is 1. The molecule has 2 aromatic heterocycles.